The van der Waals surface area contributed by atoms with Crippen LogP contribution in [-0.4, -0.2) is 13.1 Å². The Morgan fingerprint density at radius 1 is 0.963 bits per heavy atom. The second-order valence-electron chi connectivity index (χ2n) is 6.06. The van der Waals surface area contributed by atoms with Crippen molar-refractivity contribution in [3.63, 3.8) is 0 Å². The maximum absolute atomic E-state index is 12.3. The minimum absolute atomic E-state index is 0.398. The number of carbonyl (C=O) groups excluding carboxylic acids is 1. The zero-order chi connectivity index (χ0) is 19.0. The SMILES string of the molecule is COc1ccc2cc(C3=C/C(=C\c4c(Cl)cccc4Cl)C(=O)O3)ccc2c1. The third kappa shape index (κ3) is 3.44. The van der Waals surface area contributed by atoms with Crippen LogP contribution in [0.5, 0.6) is 5.75 Å². The molecule has 0 saturated carbocycles. The van der Waals surface area contributed by atoms with E-state index in [9.17, 15) is 4.79 Å². The molecule has 0 bridgehead atoms. The van der Waals surface area contributed by atoms with Crippen molar-refractivity contribution in [1.29, 1.82) is 0 Å². The molecule has 0 radical (unpaired) electrons. The maximum Gasteiger partial charge on any atom is 0.343 e. The lowest BCUT2D eigenvalue weighted by atomic mass is 10.0. The Morgan fingerprint density at radius 3 is 2.41 bits per heavy atom. The molecule has 1 heterocycles. The van der Waals surface area contributed by atoms with Crippen molar-refractivity contribution in [2.24, 2.45) is 0 Å². The Bertz CT molecular complexity index is 1110. The Morgan fingerprint density at radius 2 is 1.67 bits per heavy atom. The number of halogens is 2. The fraction of sp³-hybridized carbons (Fsp3) is 0.0455. The second-order valence-corrected chi connectivity index (χ2v) is 6.88. The van der Waals surface area contributed by atoms with Gasteiger partial charge in [-0.3, -0.25) is 0 Å². The summed E-state index contributed by atoms with van der Waals surface area (Å²) in [5.41, 5.74) is 1.81. The fourth-order valence-electron chi connectivity index (χ4n) is 2.94. The number of hydrogen-bond acceptors (Lipinski definition) is 3. The molecule has 0 aromatic heterocycles. The van der Waals surface area contributed by atoms with E-state index in [1.165, 1.54) is 0 Å². The predicted octanol–water partition coefficient (Wildman–Crippen LogP) is 6.14. The van der Waals surface area contributed by atoms with Crippen molar-refractivity contribution in [2.45, 2.75) is 0 Å². The lowest BCUT2D eigenvalue weighted by Gasteiger charge is -2.06. The second kappa shape index (κ2) is 7.10. The molecule has 1 aliphatic heterocycles. The van der Waals surface area contributed by atoms with Crippen LogP contribution in [0.4, 0.5) is 0 Å². The molecule has 134 valence electrons. The monoisotopic (exact) mass is 396 g/mol. The van der Waals surface area contributed by atoms with Gasteiger partial charge in [-0.05, 0) is 53.3 Å². The van der Waals surface area contributed by atoms with Crippen molar-refractivity contribution in [1.82, 2.24) is 0 Å². The Labute approximate surface area is 166 Å². The third-order valence-electron chi connectivity index (χ3n) is 4.36. The first-order valence-electron chi connectivity index (χ1n) is 8.23. The number of carbonyl (C=O) groups is 1. The quantitative estimate of drug-likeness (QED) is 0.394. The number of hydrogen-bond donors (Lipinski definition) is 0. The van der Waals surface area contributed by atoms with Crippen LogP contribution in [0.15, 0.2) is 66.2 Å². The van der Waals surface area contributed by atoms with E-state index in [0.29, 0.717) is 26.9 Å². The van der Waals surface area contributed by atoms with Crippen LogP contribution in [0.25, 0.3) is 22.6 Å². The zero-order valence-corrected chi connectivity index (χ0v) is 15.8. The van der Waals surface area contributed by atoms with Gasteiger partial charge >= 0.3 is 5.97 Å². The average molecular weight is 397 g/mol. The van der Waals surface area contributed by atoms with E-state index >= 15 is 0 Å². The van der Waals surface area contributed by atoms with Crippen molar-refractivity contribution in [2.75, 3.05) is 7.11 Å². The van der Waals surface area contributed by atoms with Gasteiger partial charge in [-0.15, -0.1) is 0 Å². The summed E-state index contributed by atoms with van der Waals surface area (Å²) in [5.74, 6) is 0.853. The van der Waals surface area contributed by atoms with Gasteiger partial charge in [-0.1, -0.05) is 47.5 Å². The average Bonchev–Trinajstić information content (AvgIpc) is 3.04. The number of ether oxygens (including phenoxy) is 2. The van der Waals surface area contributed by atoms with E-state index in [1.54, 1.807) is 37.5 Å². The molecule has 0 fully saturated rings. The van der Waals surface area contributed by atoms with Gasteiger partial charge in [0, 0.05) is 21.2 Å². The van der Waals surface area contributed by atoms with Crippen LogP contribution in [0, 0.1) is 0 Å². The molecule has 5 heteroatoms. The van der Waals surface area contributed by atoms with Gasteiger partial charge in [0.2, 0.25) is 0 Å². The van der Waals surface area contributed by atoms with Crippen molar-refractivity contribution < 1.29 is 14.3 Å². The van der Waals surface area contributed by atoms with E-state index in [2.05, 4.69) is 0 Å². The van der Waals surface area contributed by atoms with Gasteiger partial charge in [0.05, 0.1) is 12.7 Å². The number of methoxy groups -OCH3 is 1. The summed E-state index contributed by atoms with van der Waals surface area (Å²) in [6.45, 7) is 0. The Balaban J connectivity index is 1.72. The number of cyclic esters (lactones) is 1. The molecule has 0 N–H and O–H groups in total. The molecule has 1 aliphatic rings. The summed E-state index contributed by atoms with van der Waals surface area (Å²) in [6.07, 6.45) is 3.35. The van der Waals surface area contributed by atoms with Gasteiger partial charge in [0.15, 0.2) is 0 Å². The predicted molar refractivity (Wildman–Crippen MR) is 109 cm³/mol. The molecular formula is C22H14Cl2O3. The van der Waals surface area contributed by atoms with Gasteiger partial charge in [-0.25, -0.2) is 4.79 Å². The Hall–Kier alpha value is -2.75. The molecule has 3 aromatic carbocycles. The third-order valence-corrected chi connectivity index (χ3v) is 5.02. The highest BCUT2D eigenvalue weighted by Gasteiger charge is 2.23. The number of rotatable bonds is 3. The molecule has 27 heavy (non-hydrogen) atoms. The summed E-state index contributed by atoms with van der Waals surface area (Å²) in [4.78, 5) is 12.3. The normalized spacial score (nSPS) is 15.1. The van der Waals surface area contributed by atoms with Crippen molar-refractivity contribution in [3.05, 3.63) is 87.4 Å². The summed E-state index contributed by atoms with van der Waals surface area (Å²) in [5, 5.41) is 3.02. The fourth-order valence-corrected chi connectivity index (χ4v) is 3.45. The topological polar surface area (TPSA) is 35.5 Å². The minimum atomic E-state index is -0.434. The van der Waals surface area contributed by atoms with Crippen molar-refractivity contribution >= 4 is 51.8 Å². The standard InChI is InChI=1S/C22H14Cl2O3/c1-26-17-8-7-13-9-15(6-5-14(13)10-17)21-12-16(22(25)27-21)11-18-19(23)3-2-4-20(18)24/h2-12H,1H3/b16-11+. The minimum Gasteiger partial charge on any atom is -0.497 e. The van der Waals surface area contributed by atoms with Crippen molar-refractivity contribution in [3.8, 4) is 5.75 Å². The molecule has 3 nitrogen and oxygen atoms in total. The summed E-state index contributed by atoms with van der Waals surface area (Å²) < 4.78 is 10.7. The van der Waals surface area contributed by atoms with Crippen LogP contribution in [0.1, 0.15) is 11.1 Å². The highest BCUT2D eigenvalue weighted by Crippen LogP contribution is 2.33. The molecule has 0 unspecified atom stereocenters. The first kappa shape index (κ1) is 17.7. The molecule has 0 saturated heterocycles. The van der Waals surface area contributed by atoms with E-state index in [-0.39, 0.29) is 0 Å². The lowest BCUT2D eigenvalue weighted by Crippen LogP contribution is -1.97. The molecule has 3 aromatic rings. The first-order valence-corrected chi connectivity index (χ1v) is 8.98. The van der Waals surface area contributed by atoms with Gasteiger partial charge < -0.3 is 9.47 Å². The molecule has 0 amide bonds. The smallest absolute Gasteiger partial charge is 0.343 e. The van der Waals surface area contributed by atoms with Gasteiger partial charge in [0.25, 0.3) is 0 Å². The maximum atomic E-state index is 12.3. The molecular weight excluding hydrogens is 383 g/mol. The van der Waals surface area contributed by atoms with Crippen LogP contribution >= 0.6 is 23.2 Å². The van der Waals surface area contributed by atoms with Gasteiger partial charge in [-0.2, -0.15) is 0 Å². The van der Waals surface area contributed by atoms with Gasteiger partial charge in [0.1, 0.15) is 11.5 Å². The molecule has 0 aliphatic carbocycles. The van der Waals surface area contributed by atoms with Crippen LogP contribution < -0.4 is 4.74 Å². The van der Waals surface area contributed by atoms with E-state index in [0.717, 1.165) is 22.1 Å². The van der Waals surface area contributed by atoms with Crippen LogP contribution in [0.2, 0.25) is 10.0 Å². The van der Waals surface area contributed by atoms with Crippen LogP contribution in [0.3, 0.4) is 0 Å². The largest absolute Gasteiger partial charge is 0.497 e. The first-order chi connectivity index (χ1) is 13.0. The number of benzene rings is 3. The molecule has 0 atom stereocenters. The highest BCUT2D eigenvalue weighted by molar-refractivity contribution is 6.37. The lowest BCUT2D eigenvalue weighted by molar-refractivity contribution is -0.130. The number of esters is 1. The van der Waals surface area contributed by atoms with E-state index in [4.69, 9.17) is 32.7 Å². The number of fused-ring (bicyclic) bond motifs is 1. The zero-order valence-electron chi connectivity index (χ0n) is 14.3. The Kier molecular flexibility index (Phi) is 4.65. The summed E-state index contributed by atoms with van der Waals surface area (Å²) in [7, 11) is 1.64. The van der Waals surface area contributed by atoms with Crippen LogP contribution in [-0.2, 0) is 9.53 Å². The summed E-state index contributed by atoms with van der Waals surface area (Å²) in [6, 6.07) is 16.9. The summed E-state index contributed by atoms with van der Waals surface area (Å²) >= 11 is 12.4. The van der Waals surface area contributed by atoms with E-state index in [1.807, 2.05) is 36.4 Å². The highest BCUT2D eigenvalue weighted by atomic mass is 35.5. The molecule has 4 rings (SSSR count). The molecule has 0 spiro atoms. The van der Waals surface area contributed by atoms with E-state index < -0.39 is 5.97 Å².